The molecular weight excluding hydrogens is 254 g/mol. The lowest BCUT2D eigenvalue weighted by Gasteiger charge is -2.20. The first kappa shape index (κ1) is 12.7. The highest BCUT2D eigenvalue weighted by atomic mass is 79.9. The topological polar surface area (TPSA) is 31.1 Å². The molecule has 0 fully saturated rings. The van der Waals surface area contributed by atoms with Gasteiger partial charge in [0.25, 0.3) is 0 Å². The van der Waals surface area contributed by atoms with Crippen molar-refractivity contribution in [3.8, 4) is 0 Å². The number of rotatable bonds is 6. The number of nitrogens with one attached hydrogen (secondary N) is 2. The van der Waals surface area contributed by atoms with Crippen LogP contribution in [-0.4, -0.2) is 36.1 Å². The fourth-order valence-electron chi connectivity index (χ4n) is 1.46. The Morgan fingerprint density at radius 3 is 2.87 bits per heavy atom. The molecular formula is C11H20BrN3. The van der Waals surface area contributed by atoms with Gasteiger partial charge in [0, 0.05) is 35.5 Å². The molecule has 1 aromatic heterocycles. The predicted octanol–water partition coefficient (Wildman–Crippen LogP) is 2.21. The number of nitrogens with zero attached hydrogens (tertiary/aromatic N) is 1. The van der Waals surface area contributed by atoms with Gasteiger partial charge in [-0.3, -0.25) is 0 Å². The summed E-state index contributed by atoms with van der Waals surface area (Å²) in [5.41, 5.74) is 1.22. The van der Waals surface area contributed by atoms with Gasteiger partial charge in [-0.15, -0.1) is 0 Å². The van der Waals surface area contributed by atoms with Crippen LogP contribution in [0.2, 0.25) is 0 Å². The van der Waals surface area contributed by atoms with E-state index in [1.807, 2.05) is 6.20 Å². The van der Waals surface area contributed by atoms with Crippen LogP contribution in [-0.2, 0) is 6.54 Å². The number of aromatic amines is 1. The number of hydrogen-bond acceptors (Lipinski definition) is 2. The van der Waals surface area contributed by atoms with E-state index in [0.717, 1.165) is 24.1 Å². The summed E-state index contributed by atoms with van der Waals surface area (Å²) < 4.78 is 1.11. The zero-order chi connectivity index (χ0) is 11.3. The molecule has 15 heavy (non-hydrogen) atoms. The Labute approximate surface area is 100 Å². The van der Waals surface area contributed by atoms with Crippen molar-refractivity contribution >= 4 is 15.9 Å². The summed E-state index contributed by atoms with van der Waals surface area (Å²) in [7, 11) is 2.14. The molecule has 1 rings (SSSR count). The third-order valence-corrected chi connectivity index (χ3v) is 2.93. The zero-order valence-corrected chi connectivity index (χ0v) is 11.3. The Morgan fingerprint density at radius 2 is 2.33 bits per heavy atom. The van der Waals surface area contributed by atoms with Crippen LogP contribution in [0.5, 0.6) is 0 Å². The third-order valence-electron chi connectivity index (χ3n) is 2.47. The molecule has 4 heteroatoms. The van der Waals surface area contributed by atoms with Gasteiger partial charge in [0.15, 0.2) is 0 Å². The molecule has 86 valence electrons. The highest BCUT2D eigenvalue weighted by Crippen LogP contribution is 2.10. The minimum atomic E-state index is 0.511. The summed E-state index contributed by atoms with van der Waals surface area (Å²) >= 11 is 3.42. The Balaban J connectivity index is 2.25. The molecule has 1 aromatic rings. The average Bonchev–Trinajstić information content (AvgIpc) is 2.61. The number of H-pyrrole nitrogens is 1. The summed E-state index contributed by atoms with van der Waals surface area (Å²) in [5.74, 6) is 0. The molecule has 3 nitrogen and oxygen atoms in total. The van der Waals surface area contributed by atoms with Gasteiger partial charge < -0.3 is 15.2 Å². The summed E-state index contributed by atoms with van der Waals surface area (Å²) in [6.45, 7) is 7.46. The van der Waals surface area contributed by atoms with Crippen LogP contribution in [0.1, 0.15) is 19.5 Å². The second kappa shape index (κ2) is 6.30. The first-order valence-electron chi connectivity index (χ1n) is 5.36. The van der Waals surface area contributed by atoms with Crippen LogP contribution in [0.4, 0.5) is 0 Å². The van der Waals surface area contributed by atoms with Crippen LogP contribution in [0.15, 0.2) is 16.7 Å². The van der Waals surface area contributed by atoms with Gasteiger partial charge in [-0.05, 0) is 42.5 Å². The van der Waals surface area contributed by atoms with Gasteiger partial charge in [-0.2, -0.15) is 0 Å². The van der Waals surface area contributed by atoms with Gasteiger partial charge in [-0.25, -0.2) is 0 Å². The Morgan fingerprint density at radius 1 is 1.60 bits per heavy atom. The molecule has 0 saturated carbocycles. The summed E-state index contributed by atoms with van der Waals surface area (Å²) in [6, 6.07) is 2.61. The summed E-state index contributed by atoms with van der Waals surface area (Å²) in [6.07, 6.45) is 1.96. The normalized spacial score (nSPS) is 13.4. The van der Waals surface area contributed by atoms with E-state index >= 15 is 0 Å². The minimum absolute atomic E-state index is 0.511. The van der Waals surface area contributed by atoms with Crippen molar-refractivity contribution in [2.45, 2.75) is 26.4 Å². The van der Waals surface area contributed by atoms with Crippen molar-refractivity contribution in [3.05, 3.63) is 22.4 Å². The van der Waals surface area contributed by atoms with Crippen molar-refractivity contribution in [3.63, 3.8) is 0 Å². The lowest BCUT2D eigenvalue weighted by Crippen LogP contribution is -2.36. The first-order valence-corrected chi connectivity index (χ1v) is 6.15. The van der Waals surface area contributed by atoms with Crippen LogP contribution in [0, 0.1) is 0 Å². The number of aromatic nitrogens is 1. The summed E-state index contributed by atoms with van der Waals surface area (Å²) in [4.78, 5) is 5.51. The van der Waals surface area contributed by atoms with E-state index < -0.39 is 0 Å². The van der Waals surface area contributed by atoms with E-state index in [9.17, 15) is 0 Å². The Bertz CT molecular complexity index is 285. The van der Waals surface area contributed by atoms with E-state index in [0.29, 0.717) is 6.04 Å². The molecule has 1 atom stereocenters. The van der Waals surface area contributed by atoms with Crippen LogP contribution >= 0.6 is 15.9 Å². The molecule has 0 aromatic carbocycles. The van der Waals surface area contributed by atoms with Gasteiger partial charge >= 0.3 is 0 Å². The van der Waals surface area contributed by atoms with E-state index in [2.05, 4.69) is 58.1 Å². The molecule has 0 aliphatic carbocycles. The number of hydrogen-bond donors (Lipinski definition) is 2. The highest BCUT2D eigenvalue weighted by molar-refractivity contribution is 9.10. The molecule has 0 amide bonds. The number of halogens is 1. The fourth-order valence-corrected chi connectivity index (χ4v) is 1.85. The minimum Gasteiger partial charge on any atom is -0.363 e. The van der Waals surface area contributed by atoms with Gasteiger partial charge in [0.1, 0.15) is 0 Å². The molecule has 0 saturated heterocycles. The SMILES string of the molecule is CCN(C)CC(C)NCc1cc(Br)c[nH]1. The average molecular weight is 274 g/mol. The van der Waals surface area contributed by atoms with Gasteiger partial charge in [0.05, 0.1) is 0 Å². The van der Waals surface area contributed by atoms with Crippen LogP contribution in [0.3, 0.4) is 0 Å². The maximum atomic E-state index is 3.48. The molecule has 0 spiro atoms. The monoisotopic (exact) mass is 273 g/mol. The summed E-state index contributed by atoms with van der Waals surface area (Å²) in [5, 5.41) is 3.48. The molecule has 1 unspecified atom stereocenters. The van der Waals surface area contributed by atoms with Crippen LogP contribution in [0.25, 0.3) is 0 Å². The molecule has 0 aliphatic heterocycles. The van der Waals surface area contributed by atoms with Crippen molar-refractivity contribution in [2.75, 3.05) is 20.1 Å². The zero-order valence-electron chi connectivity index (χ0n) is 9.68. The predicted molar refractivity (Wildman–Crippen MR) is 68.0 cm³/mol. The first-order chi connectivity index (χ1) is 7.11. The largest absolute Gasteiger partial charge is 0.363 e. The number of likely N-dealkylation sites (N-methyl/N-ethyl adjacent to an activating group) is 1. The van der Waals surface area contributed by atoms with Crippen molar-refractivity contribution in [1.29, 1.82) is 0 Å². The fraction of sp³-hybridized carbons (Fsp3) is 0.636. The quantitative estimate of drug-likeness (QED) is 0.833. The molecule has 0 radical (unpaired) electrons. The second-order valence-electron chi connectivity index (χ2n) is 3.98. The van der Waals surface area contributed by atoms with Crippen molar-refractivity contribution < 1.29 is 0 Å². The van der Waals surface area contributed by atoms with Crippen LogP contribution < -0.4 is 5.32 Å². The maximum absolute atomic E-state index is 3.48. The molecule has 2 N–H and O–H groups in total. The van der Waals surface area contributed by atoms with Crippen molar-refractivity contribution in [1.82, 2.24) is 15.2 Å². The second-order valence-corrected chi connectivity index (χ2v) is 4.90. The molecule has 1 heterocycles. The maximum Gasteiger partial charge on any atom is 0.0360 e. The van der Waals surface area contributed by atoms with Crippen molar-refractivity contribution in [2.24, 2.45) is 0 Å². The Kier molecular flexibility index (Phi) is 5.36. The van der Waals surface area contributed by atoms with E-state index in [4.69, 9.17) is 0 Å². The third kappa shape index (κ3) is 4.82. The Hall–Kier alpha value is -0.320. The van der Waals surface area contributed by atoms with E-state index in [-0.39, 0.29) is 0 Å². The molecule has 0 aliphatic rings. The van der Waals surface area contributed by atoms with Gasteiger partial charge in [-0.1, -0.05) is 6.92 Å². The lowest BCUT2D eigenvalue weighted by atomic mass is 10.3. The smallest absolute Gasteiger partial charge is 0.0360 e. The van der Waals surface area contributed by atoms with Gasteiger partial charge in [0.2, 0.25) is 0 Å². The van der Waals surface area contributed by atoms with E-state index in [1.165, 1.54) is 5.69 Å². The van der Waals surface area contributed by atoms with E-state index in [1.54, 1.807) is 0 Å². The standard InChI is InChI=1S/C11H20BrN3/c1-4-15(3)8-9(2)13-7-11-5-10(12)6-14-11/h5-6,9,13-14H,4,7-8H2,1-3H3. The highest BCUT2D eigenvalue weighted by Gasteiger charge is 2.04. The molecule has 0 bridgehead atoms. The lowest BCUT2D eigenvalue weighted by molar-refractivity contribution is 0.309.